The summed E-state index contributed by atoms with van der Waals surface area (Å²) < 4.78 is 21.0. The van der Waals surface area contributed by atoms with Gasteiger partial charge in [0.15, 0.2) is 10.9 Å². The second kappa shape index (κ2) is 13.5. The molecule has 14 nitrogen and oxygen atoms in total. The molecule has 0 bridgehead atoms. The quantitative estimate of drug-likeness (QED) is 0.0896. The van der Waals surface area contributed by atoms with Crippen LogP contribution >= 0.6 is 20.4 Å². The van der Waals surface area contributed by atoms with Crippen LogP contribution in [-0.4, -0.2) is 88.1 Å². The van der Waals surface area contributed by atoms with Gasteiger partial charge in [0, 0.05) is 32.2 Å². The fourth-order valence-corrected chi connectivity index (χ4v) is 5.11. The monoisotopic (exact) mass is 534 g/mol. The first-order chi connectivity index (χ1) is 16.8. The third-order valence-corrected chi connectivity index (χ3v) is 6.95. The number of thioether (sulfide) groups is 1. The zero-order valence-corrected chi connectivity index (χ0v) is 20.9. The van der Waals surface area contributed by atoms with E-state index >= 15 is 0 Å². The van der Waals surface area contributed by atoms with Crippen molar-refractivity contribution in [2.75, 3.05) is 38.4 Å². The van der Waals surface area contributed by atoms with Crippen LogP contribution in [0, 0.1) is 0 Å². The summed E-state index contributed by atoms with van der Waals surface area (Å²) in [4.78, 5) is 44.6. The van der Waals surface area contributed by atoms with Gasteiger partial charge in [0.1, 0.15) is 18.3 Å². The molecule has 2 saturated heterocycles. The van der Waals surface area contributed by atoms with E-state index in [2.05, 4.69) is 20.3 Å². The minimum atomic E-state index is -2.07. The van der Waals surface area contributed by atoms with Crippen LogP contribution in [0.2, 0.25) is 0 Å². The maximum Gasteiger partial charge on any atom is 0.330 e. The Morgan fingerprint density at radius 1 is 1.46 bits per heavy atom. The average Bonchev–Trinajstić information content (AvgIpc) is 3.10. The Morgan fingerprint density at radius 2 is 2.26 bits per heavy atom. The first kappa shape index (κ1) is 27.7. The zero-order valence-electron chi connectivity index (χ0n) is 19.2. The number of aromatic nitrogens is 2. The van der Waals surface area contributed by atoms with E-state index in [1.54, 1.807) is 7.11 Å². The normalized spacial score (nSPS) is 26.5. The van der Waals surface area contributed by atoms with E-state index in [1.165, 1.54) is 11.8 Å². The van der Waals surface area contributed by atoms with E-state index in [1.807, 2.05) is 0 Å². The highest BCUT2D eigenvalue weighted by Crippen LogP contribution is 2.44. The highest BCUT2D eigenvalue weighted by atomic mass is 32.2. The van der Waals surface area contributed by atoms with Gasteiger partial charge in [-0.25, -0.2) is 9.98 Å². The number of hydrogen-bond acceptors (Lipinski definition) is 12. The fourth-order valence-electron chi connectivity index (χ4n) is 3.59. The molecule has 35 heavy (non-hydrogen) atoms. The fraction of sp³-hybridized carbons (Fsp3) is 0.684. The molecule has 0 saturated carbocycles. The van der Waals surface area contributed by atoms with E-state index in [4.69, 9.17) is 30.0 Å². The van der Waals surface area contributed by atoms with E-state index in [9.17, 15) is 19.6 Å². The minimum Gasteiger partial charge on any atom is -0.388 e. The predicted octanol–water partition coefficient (Wildman–Crippen LogP) is -0.730. The van der Waals surface area contributed by atoms with Crippen molar-refractivity contribution < 1.29 is 33.3 Å². The Kier molecular flexibility index (Phi) is 10.7. The standard InChI is InChI=1S/C19H31N6O8PS/c1-30-6-5-22-13(26)4-2-3-7-35-19(21)24-14-10(23-18(20)25-17(14)28)8-11-15(27)16-12(32-11)9-31-34(29)33-16/h11-12,15-16,27,29H,2-9H2,1H3,(H2,21,24)(H,22,26)(H3,20,23,25,28). The van der Waals surface area contributed by atoms with Crippen LogP contribution in [0.4, 0.5) is 11.6 Å². The smallest absolute Gasteiger partial charge is 0.330 e. The van der Waals surface area contributed by atoms with Crippen molar-refractivity contribution in [1.29, 1.82) is 0 Å². The van der Waals surface area contributed by atoms with Crippen molar-refractivity contribution in [2.45, 2.75) is 50.1 Å². The first-order valence-corrected chi connectivity index (χ1v) is 13.1. The van der Waals surface area contributed by atoms with E-state index in [-0.39, 0.29) is 41.4 Å². The molecule has 2 aliphatic rings. The number of ether oxygens (including phenoxy) is 2. The summed E-state index contributed by atoms with van der Waals surface area (Å²) in [6.07, 6.45) is -1.35. The molecule has 1 aromatic rings. The molecule has 0 radical (unpaired) electrons. The predicted molar refractivity (Wildman–Crippen MR) is 130 cm³/mol. The van der Waals surface area contributed by atoms with Gasteiger partial charge < -0.3 is 45.3 Å². The molecule has 2 aliphatic heterocycles. The maximum absolute atomic E-state index is 12.5. The number of amides is 1. The number of fused-ring (bicyclic) bond motifs is 1. The third-order valence-electron chi connectivity index (χ3n) is 5.27. The van der Waals surface area contributed by atoms with Crippen molar-refractivity contribution in [2.24, 2.45) is 10.7 Å². The summed E-state index contributed by atoms with van der Waals surface area (Å²) in [6.45, 7) is 1.02. The molecular formula is C19H31N6O8PS. The van der Waals surface area contributed by atoms with Crippen molar-refractivity contribution in [3.05, 3.63) is 16.0 Å². The topological polar surface area (TPSA) is 217 Å². The van der Waals surface area contributed by atoms with Gasteiger partial charge in [0.2, 0.25) is 11.9 Å². The molecule has 16 heteroatoms. The molecule has 5 unspecified atom stereocenters. The number of carbonyl (C=O) groups is 1. The number of nitrogens with zero attached hydrogens (tertiary/aromatic N) is 2. The molecule has 0 spiro atoms. The molecule has 5 atom stereocenters. The number of nitrogens with one attached hydrogen (secondary N) is 2. The summed E-state index contributed by atoms with van der Waals surface area (Å²) >= 11 is 1.25. The van der Waals surface area contributed by atoms with Crippen LogP contribution < -0.4 is 22.3 Å². The highest BCUT2D eigenvalue weighted by Gasteiger charge is 2.49. The van der Waals surface area contributed by atoms with Gasteiger partial charge >= 0.3 is 8.60 Å². The number of H-pyrrole nitrogens is 1. The van der Waals surface area contributed by atoms with Gasteiger partial charge in [-0.2, -0.15) is 0 Å². The van der Waals surface area contributed by atoms with Crippen molar-refractivity contribution in [3.8, 4) is 0 Å². The lowest BCUT2D eigenvalue weighted by Crippen LogP contribution is -2.39. The highest BCUT2D eigenvalue weighted by molar-refractivity contribution is 8.13. The molecule has 1 amide bonds. The van der Waals surface area contributed by atoms with E-state index < -0.39 is 38.6 Å². The van der Waals surface area contributed by atoms with Crippen molar-refractivity contribution in [1.82, 2.24) is 15.3 Å². The number of nitrogen functional groups attached to an aromatic ring is 1. The Bertz CT molecular complexity index is 952. The Balaban J connectivity index is 1.56. The Morgan fingerprint density at radius 3 is 3.03 bits per heavy atom. The number of amidine groups is 1. The van der Waals surface area contributed by atoms with Crippen LogP contribution in [0.3, 0.4) is 0 Å². The van der Waals surface area contributed by atoms with Crippen LogP contribution in [-0.2, 0) is 29.7 Å². The summed E-state index contributed by atoms with van der Waals surface area (Å²) in [5.41, 5.74) is 11.3. The number of aliphatic imine (C=N–C) groups is 1. The lowest BCUT2D eigenvalue weighted by molar-refractivity contribution is -0.121. The maximum atomic E-state index is 12.5. The molecule has 8 N–H and O–H groups in total. The third kappa shape index (κ3) is 8.08. The van der Waals surface area contributed by atoms with Crippen LogP contribution in [0.25, 0.3) is 0 Å². The number of methoxy groups -OCH3 is 1. The van der Waals surface area contributed by atoms with Crippen molar-refractivity contribution in [3.63, 3.8) is 0 Å². The van der Waals surface area contributed by atoms with Gasteiger partial charge in [0.25, 0.3) is 5.56 Å². The Labute approximate surface area is 207 Å². The SMILES string of the molecule is COCCNC(=O)CCCCSC(N)=Nc1c(CC2OC3COP(O)OC3C2O)nc(N)[nH]c1=O. The molecule has 0 aromatic carbocycles. The molecule has 0 aliphatic carbocycles. The minimum absolute atomic E-state index is 0.0178. The molecule has 1 aromatic heterocycles. The number of nitrogens with two attached hydrogens (primary N) is 2. The van der Waals surface area contributed by atoms with Gasteiger partial charge in [-0.15, -0.1) is 0 Å². The van der Waals surface area contributed by atoms with E-state index in [0.717, 1.165) is 6.42 Å². The van der Waals surface area contributed by atoms with Crippen molar-refractivity contribution >= 4 is 43.1 Å². The molecule has 3 rings (SSSR count). The van der Waals surface area contributed by atoms with Gasteiger partial charge in [-0.05, 0) is 12.8 Å². The number of aliphatic hydroxyl groups excluding tert-OH is 1. The van der Waals surface area contributed by atoms with Gasteiger partial charge in [-0.1, -0.05) is 11.8 Å². The van der Waals surface area contributed by atoms with E-state index in [0.29, 0.717) is 31.7 Å². The summed E-state index contributed by atoms with van der Waals surface area (Å²) in [7, 11) is -0.502. The second-order valence-corrected chi connectivity index (χ2v) is 9.92. The Hall–Kier alpha value is -1.84. The number of aromatic amines is 1. The molecule has 3 heterocycles. The average molecular weight is 535 g/mol. The van der Waals surface area contributed by atoms with Crippen LogP contribution in [0.1, 0.15) is 25.0 Å². The zero-order chi connectivity index (χ0) is 25.4. The largest absolute Gasteiger partial charge is 0.388 e. The number of hydrogen-bond donors (Lipinski definition) is 6. The van der Waals surface area contributed by atoms with Crippen LogP contribution in [0.15, 0.2) is 9.79 Å². The first-order valence-electron chi connectivity index (χ1n) is 11.0. The number of unbranched alkanes of at least 4 members (excludes halogenated alkanes) is 1. The lowest BCUT2D eigenvalue weighted by atomic mass is 10.0. The molecular weight excluding hydrogens is 503 g/mol. The molecule has 196 valence electrons. The second-order valence-electron chi connectivity index (χ2n) is 7.86. The number of rotatable bonds is 11. The summed E-state index contributed by atoms with van der Waals surface area (Å²) in [6, 6.07) is 0. The molecule has 2 fully saturated rings. The van der Waals surface area contributed by atoms with Gasteiger partial charge in [-0.3, -0.25) is 14.6 Å². The number of anilines is 1. The summed E-state index contributed by atoms with van der Waals surface area (Å²) in [5.74, 6) is 0.454. The lowest BCUT2D eigenvalue weighted by Gasteiger charge is -2.27. The number of aliphatic hydroxyl groups is 1. The number of carbonyl (C=O) groups excluding carboxylic acids is 1. The van der Waals surface area contributed by atoms with Gasteiger partial charge in [0.05, 0.1) is 25.0 Å². The van der Waals surface area contributed by atoms with Crippen LogP contribution in [0.5, 0.6) is 0 Å². The summed E-state index contributed by atoms with van der Waals surface area (Å²) in [5, 5.41) is 13.5.